The molecule has 0 saturated heterocycles. The van der Waals surface area contributed by atoms with E-state index in [1.54, 1.807) is 7.05 Å². The van der Waals surface area contributed by atoms with Crippen molar-refractivity contribution in [3.05, 3.63) is 28.8 Å². The third-order valence-corrected chi connectivity index (χ3v) is 3.28. The van der Waals surface area contributed by atoms with Crippen molar-refractivity contribution in [2.75, 3.05) is 32.1 Å². The van der Waals surface area contributed by atoms with Crippen molar-refractivity contribution >= 4 is 23.2 Å². The van der Waals surface area contributed by atoms with E-state index in [-0.39, 0.29) is 5.91 Å². The summed E-state index contributed by atoms with van der Waals surface area (Å²) < 4.78 is 0. The molecule has 1 aromatic rings. The van der Waals surface area contributed by atoms with Gasteiger partial charge in [0.25, 0.3) is 0 Å². The molecule has 0 heterocycles. The zero-order chi connectivity index (χ0) is 14.3. The second-order valence-electron chi connectivity index (χ2n) is 4.37. The quantitative estimate of drug-likeness (QED) is 0.805. The van der Waals surface area contributed by atoms with Crippen molar-refractivity contribution in [1.82, 2.24) is 10.6 Å². The Hall–Kier alpha value is -1.26. The first-order valence-corrected chi connectivity index (χ1v) is 6.87. The topological polar surface area (TPSA) is 44.4 Å². The van der Waals surface area contributed by atoms with Crippen LogP contribution in [0.15, 0.2) is 18.2 Å². The molecule has 0 radical (unpaired) electrons. The molecule has 0 unspecified atom stereocenters. The maximum Gasteiger partial charge on any atom is 0.221 e. The normalized spacial score (nSPS) is 10.3. The van der Waals surface area contributed by atoms with E-state index in [0.717, 1.165) is 29.4 Å². The predicted octanol–water partition coefficient (Wildman–Crippen LogP) is 2.02. The van der Waals surface area contributed by atoms with E-state index in [2.05, 4.69) is 23.6 Å². The molecule has 2 N–H and O–H groups in total. The van der Waals surface area contributed by atoms with E-state index in [0.29, 0.717) is 13.0 Å². The van der Waals surface area contributed by atoms with Crippen molar-refractivity contribution in [2.45, 2.75) is 19.9 Å². The van der Waals surface area contributed by atoms with Crippen molar-refractivity contribution in [3.63, 3.8) is 0 Å². The van der Waals surface area contributed by atoms with Crippen molar-refractivity contribution in [2.24, 2.45) is 0 Å². The Kier molecular flexibility index (Phi) is 6.67. The summed E-state index contributed by atoms with van der Waals surface area (Å²) in [6, 6.07) is 5.88. The van der Waals surface area contributed by atoms with E-state index >= 15 is 0 Å². The third-order valence-electron chi connectivity index (χ3n) is 2.97. The van der Waals surface area contributed by atoms with Gasteiger partial charge in [0, 0.05) is 33.6 Å². The lowest BCUT2D eigenvalue weighted by atomic mass is 10.1. The number of carbonyl (C=O) groups is 1. The molecule has 106 valence electrons. The summed E-state index contributed by atoms with van der Waals surface area (Å²) in [5.41, 5.74) is 2.14. The lowest BCUT2D eigenvalue weighted by Crippen LogP contribution is -2.27. The number of para-hydroxylation sites is 1. The first-order chi connectivity index (χ1) is 9.10. The summed E-state index contributed by atoms with van der Waals surface area (Å²) in [7, 11) is 3.61. The summed E-state index contributed by atoms with van der Waals surface area (Å²) in [6.07, 6.45) is 0.457. The zero-order valence-corrected chi connectivity index (χ0v) is 12.5. The van der Waals surface area contributed by atoms with E-state index in [9.17, 15) is 4.79 Å². The summed E-state index contributed by atoms with van der Waals surface area (Å²) in [5, 5.41) is 6.64. The fraction of sp³-hybridized carbons (Fsp3) is 0.500. The second kappa shape index (κ2) is 8.02. The van der Waals surface area contributed by atoms with Crippen molar-refractivity contribution < 1.29 is 4.79 Å². The maximum atomic E-state index is 11.3. The predicted molar refractivity (Wildman–Crippen MR) is 80.8 cm³/mol. The number of nitrogens with zero attached hydrogens (tertiary/aromatic N) is 1. The number of hydrogen-bond donors (Lipinski definition) is 2. The molecular formula is C14H22ClN3O. The molecular weight excluding hydrogens is 262 g/mol. The number of rotatable bonds is 7. The molecule has 0 aliphatic carbocycles. The number of benzene rings is 1. The number of nitrogens with one attached hydrogen (secondary N) is 2. The number of halogens is 1. The summed E-state index contributed by atoms with van der Waals surface area (Å²) in [5.74, 6) is 0.0344. The highest BCUT2D eigenvalue weighted by molar-refractivity contribution is 6.33. The molecule has 1 rings (SSSR count). The number of anilines is 1. The average molecular weight is 284 g/mol. The smallest absolute Gasteiger partial charge is 0.221 e. The Morgan fingerprint density at radius 3 is 2.79 bits per heavy atom. The molecule has 0 bridgehead atoms. The molecule has 0 atom stereocenters. The van der Waals surface area contributed by atoms with Gasteiger partial charge in [-0.05, 0) is 18.2 Å². The molecule has 0 aromatic heterocycles. The first-order valence-electron chi connectivity index (χ1n) is 6.50. The van der Waals surface area contributed by atoms with E-state index < -0.39 is 0 Å². The van der Waals surface area contributed by atoms with E-state index in [1.165, 1.54) is 0 Å². The van der Waals surface area contributed by atoms with Crippen LogP contribution >= 0.6 is 11.6 Å². The van der Waals surface area contributed by atoms with Gasteiger partial charge in [0.15, 0.2) is 0 Å². The molecule has 0 fully saturated rings. The lowest BCUT2D eigenvalue weighted by Gasteiger charge is -2.23. The monoisotopic (exact) mass is 283 g/mol. The van der Waals surface area contributed by atoms with Gasteiger partial charge in [0.1, 0.15) is 0 Å². The van der Waals surface area contributed by atoms with Gasteiger partial charge in [-0.2, -0.15) is 0 Å². The van der Waals surface area contributed by atoms with Crippen LogP contribution in [0.2, 0.25) is 5.02 Å². The highest BCUT2D eigenvalue weighted by Crippen LogP contribution is 2.29. The standard InChI is InChI=1S/C14H22ClN3O/c1-4-17-10-11-6-5-7-12(15)14(11)18(3)9-8-13(19)16-2/h5-7,17H,4,8-10H2,1-3H3,(H,16,19). The molecule has 0 aliphatic rings. The molecule has 1 aromatic carbocycles. The fourth-order valence-electron chi connectivity index (χ4n) is 1.90. The molecule has 19 heavy (non-hydrogen) atoms. The molecule has 0 aliphatic heterocycles. The van der Waals surface area contributed by atoms with Crippen LogP contribution < -0.4 is 15.5 Å². The Morgan fingerprint density at radius 2 is 2.16 bits per heavy atom. The van der Waals surface area contributed by atoms with Crippen molar-refractivity contribution in [3.8, 4) is 0 Å². The number of carbonyl (C=O) groups excluding carboxylic acids is 1. The molecule has 4 nitrogen and oxygen atoms in total. The Labute approximate surface area is 120 Å². The molecule has 0 saturated carbocycles. The van der Waals surface area contributed by atoms with Crippen LogP contribution in [-0.4, -0.2) is 33.1 Å². The van der Waals surface area contributed by atoms with Gasteiger partial charge in [-0.3, -0.25) is 4.79 Å². The average Bonchev–Trinajstić information content (AvgIpc) is 2.42. The summed E-state index contributed by atoms with van der Waals surface area (Å²) >= 11 is 6.28. The Morgan fingerprint density at radius 1 is 1.42 bits per heavy atom. The SMILES string of the molecule is CCNCc1cccc(Cl)c1N(C)CCC(=O)NC. The van der Waals surface area contributed by atoms with E-state index in [1.807, 2.05) is 24.1 Å². The Balaban J connectivity index is 2.81. The van der Waals surface area contributed by atoms with Crippen LogP contribution in [0.4, 0.5) is 5.69 Å². The van der Waals surface area contributed by atoms with Gasteiger partial charge in [-0.25, -0.2) is 0 Å². The molecule has 5 heteroatoms. The summed E-state index contributed by atoms with van der Waals surface area (Å²) in [6.45, 7) is 4.40. The van der Waals surface area contributed by atoms with Gasteiger partial charge >= 0.3 is 0 Å². The van der Waals surface area contributed by atoms with Crippen LogP contribution in [0.1, 0.15) is 18.9 Å². The van der Waals surface area contributed by atoms with Crippen LogP contribution in [0.3, 0.4) is 0 Å². The lowest BCUT2D eigenvalue weighted by molar-refractivity contribution is -0.120. The molecule has 1 amide bonds. The second-order valence-corrected chi connectivity index (χ2v) is 4.78. The highest BCUT2D eigenvalue weighted by Gasteiger charge is 2.12. The van der Waals surface area contributed by atoms with Gasteiger partial charge in [-0.15, -0.1) is 0 Å². The Bertz CT molecular complexity index is 423. The van der Waals surface area contributed by atoms with Crippen LogP contribution in [0.5, 0.6) is 0 Å². The van der Waals surface area contributed by atoms with Crippen LogP contribution in [-0.2, 0) is 11.3 Å². The fourth-order valence-corrected chi connectivity index (χ4v) is 2.23. The summed E-state index contributed by atoms with van der Waals surface area (Å²) in [4.78, 5) is 13.3. The van der Waals surface area contributed by atoms with Gasteiger partial charge in [0.05, 0.1) is 10.7 Å². The highest BCUT2D eigenvalue weighted by atomic mass is 35.5. The van der Waals surface area contributed by atoms with Gasteiger partial charge < -0.3 is 15.5 Å². The maximum absolute atomic E-state index is 11.3. The minimum Gasteiger partial charge on any atom is -0.373 e. The van der Waals surface area contributed by atoms with Crippen LogP contribution in [0.25, 0.3) is 0 Å². The minimum absolute atomic E-state index is 0.0344. The largest absolute Gasteiger partial charge is 0.373 e. The first kappa shape index (κ1) is 15.8. The van der Waals surface area contributed by atoms with Crippen LogP contribution in [0, 0.1) is 0 Å². The van der Waals surface area contributed by atoms with E-state index in [4.69, 9.17) is 11.6 Å². The van der Waals surface area contributed by atoms with Gasteiger partial charge in [-0.1, -0.05) is 30.7 Å². The minimum atomic E-state index is 0.0344. The van der Waals surface area contributed by atoms with Gasteiger partial charge in [0.2, 0.25) is 5.91 Å². The zero-order valence-electron chi connectivity index (χ0n) is 11.8. The molecule has 0 spiro atoms. The third kappa shape index (κ3) is 4.73. The van der Waals surface area contributed by atoms with Crippen molar-refractivity contribution in [1.29, 1.82) is 0 Å². The number of amides is 1. The number of hydrogen-bond acceptors (Lipinski definition) is 3.